The molecule has 3 rings (SSSR count). The first-order valence-electron chi connectivity index (χ1n) is 8.26. The third-order valence-electron chi connectivity index (χ3n) is 4.16. The van der Waals surface area contributed by atoms with Crippen molar-refractivity contribution in [3.8, 4) is 6.07 Å². The number of thiophene rings is 1. The fraction of sp³-hybridized carbons (Fsp3) is 0.333. The van der Waals surface area contributed by atoms with Crippen molar-refractivity contribution in [1.82, 2.24) is 10.3 Å². The molecule has 5 nitrogen and oxygen atoms in total. The van der Waals surface area contributed by atoms with Crippen LogP contribution in [0.1, 0.15) is 52.0 Å². The van der Waals surface area contributed by atoms with Crippen molar-refractivity contribution in [3.05, 3.63) is 46.1 Å². The molecule has 0 spiro atoms. The van der Waals surface area contributed by atoms with E-state index < -0.39 is 0 Å². The van der Waals surface area contributed by atoms with Gasteiger partial charge in [-0.15, -0.1) is 11.3 Å². The third kappa shape index (κ3) is 4.21. The van der Waals surface area contributed by atoms with Gasteiger partial charge in [-0.05, 0) is 55.6 Å². The van der Waals surface area contributed by atoms with Crippen molar-refractivity contribution < 1.29 is 4.79 Å². The van der Waals surface area contributed by atoms with E-state index in [1.54, 1.807) is 29.7 Å². The van der Waals surface area contributed by atoms with Crippen LogP contribution in [-0.4, -0.2) is 16.0 Å². The van der Waals surface area contributed by atoms with Crippen molar-refractivity contribution >= 4 is 39.6 Å². The van der Waals surface area contributed by atoms with Crippen molar-refractivity contribution in [2.75, 3.05) is 5.32 Å². The van der Waals surface area contributed by atoms with Crippen LogP contribution in [0.3, 0.4) is 0 Å². The van der Waals surface area contributed by atoms with Gasteiger partial charge in [-0.3, -0.25) is 15.1 Å². The number of hydrogen-bond donors (Lipinski definition) is 2. The topological polar surface area (TPSA) is 77.8 Å². The molecule has 0 aromatic carbocycles. The van der Waals surface area contributed by atoms with Gasteiger partial charge in [0.2, 0.25) is 0 Å². The number of pyridine rings is 1. The Hall–Kier alpha value is -2.30. The lowest BCUT2D eigenvalue weighted by Crippen LogP contribution is -2.34. The number of aryl methyl sites for hydroxylation is 1. The molecule has 0 saturated carbocycles. The normalized spacial score (nSPS) is 13.7. The second-order valence-electron chi connectivity index (χ2n) is 5.88. The molecular weight excluding hydrogens is 352 g/mol. The quantitative estimate of drug-likeness (QED) is 0.786. The minimum atomic E-state index is -0.320. The zero-order valence-corrected chi connectivity index (χ0v) is 15.3. The molecule has 0 atom stereocenters. The summed E-state index contributed by atoms with van der Waals surface area (Å²) in [5, 5.41) is 16.2. The predicted octanol–water partition coefficient (Wildman–Crippen LogP) is 3.80. The molecule has 1 aliphatic carbocycles. The molecule has 0 unspecified atom stereocenters. The summed E-state index contributed by atoms with van der Waals surface area (Å²) in [7, 11) is 0. The van der Waals surface area contributed by atoms with E-state index in [-0.39, 0.29) is 11.0 Å². The highest BCUT2D eigenvalue weighted by molar-refractivity contribution is 7.80. The van der Waals surface area contributed by atoms with E-state index in [0.717, 1.165) is 36.2 Å². The van der Waals surface area contributed by atoms with E-state index >= 15 is 0 Å². The van der Waals surface area contributed by atoms with Gasteiger partial charge in [0.15, 0.2) is 5.11 Å². The van der Waals surface area contributed by atoms with Gasteiger partial charge < -0.3 is 5.32 Å². The Morgan fingerprint density at radius 2 is 2.08 bits per heavy atom. The largest absolute Gasteiger partial charge is 0.323 e. The molecule has 0 aliphatic heterocycles. The average Bonchev–Trinajstić information content (AvgIpc) is 2.91. The number of aromatic nitrogens is 1. The van der Waals surface area contributed by atoms with Crippen LogP contribution in [0.15, 0.2) is 24.5 Å². The minimum Gasteiger partial charge on any atom is -0.323 e. The number of carbonyl (C=O) groups is 1. The van der Waals surface area contributed by atoms with E-state index in [1.807, 2.05) is 0 Å². The van der Waals surface area contributed by atoms with Crippen LogP contribution in [-0.2, 0) is 12.8 Å². The molecule has 0 bridgehead atoms. The third-order valence-corrected chi connectivity index (χ3v) is 5.57. The molecule has 128 valence electrons. The standard InChI is InChI=1S/C18H18N4OS2/c19-10-14-13-7-3-1-2-4-8-15(13)25-17(14)22-18(24)21-16(23)12-6-5-9-20-11-12/h5-6,9,11H,1-4,7-8H2,(H2,21,22,23,24). The summed E-state index contributed by atoms with van der Waals surface area (Å²) in [4.78, 5) is 17.3. The molecule has 1 aliphatic rings. The first kappa shape index (κ1) is 17.5. The summed E-state index contributed by atoms with van der Waals surface area (Å²) in [5.41, 5.74) is 2.25. The molecule has 2 N–H and O–H groups in total. The van der Waals surface area contributed by atoms with Gasteiger partial charge in [-0.1, -0.05) is 12.8 Å². The SMILES string of the molecule is N#Cc1c(NC(=S)NC(=O)c2cccnc2)sc2c1CCCCCC2. The maximum atomic E-state index is 12.1. The zero-order valence-electron chi connectivity index (χ0n) is 13.7. The molecule has 0 fully saturated rings. The van der Waals surface area contributed by atoms with Crippen LogP contribution in [0.25, 0.3) is 0 Å². The Balaban J connectivity index is 1.74. The number of nitriles is 1. The highest BCUT2D eigenvalue weighted by Crippen LogP contribution is 2.36. The number of anilines is 1. The molecule has 2 heterocycles. The fourth-order valence-electron chi connectivity index (χ4n) is 2.93. The first-order valence-corrected chi connectivity index (χ1v) is 9.48. The summed E-state index contributed by atoms with van der Waals surface area (Å²) in [6.07, 6.45) is 9.74. The number of amides is 1. The smallest absolute Gasteiger partial charge is 0.258 e. The van der Waals surface area contributed by atoms with Crippen LogP contribution in [0.5, 0.6) is 0 Å². The lowest BCUT2D eigenvalue weighted by atomic mass is 9.97. The summed E-state index contributed by atoms with van der Waals surface area (Å²) < 4.78 is 0. The number of nitrogens with one attached hydrogen (secondary N) is 2. The lowest BCUT2D eigenvalue weighted by Gasteiger charge is -2.09. The monoisotopic (exact) mass is 370 g/mol. The first-order chi connectivity index (χ1) is 12.2. The van der Waals surface area contributed by atoms with Gasteiger partial charge >= 0.3 is 0 Å². The number of carbonyl (C=O) groups excluding carboxylic acids is 1. The molecule has 2 aromatic rings. The van der Waals surface area contributed by atoms with E-state index in [1.165, 1.54) is 23.9 Å². The predicted molar refractivity (Wildman–Crippen MR) is 103 cm³/mol. The molecule has 25 heavy (non-hydrogen) atoms. The zero-order chi connectivity index (χ0) is 17.6. The molecule has 0 radical (unpaired) electrons. The Kier molecular flexibility index (Phi) is 5.74. The second kappa shape index (κ2) is 8.19. The van der Waals surface area contributed by atoms with E-state index in [9.17, 15) is 10.1 Å². The Bertz CT molecular complexity index is 824. The molecule has 1 amide bonds. The van der Waals surface area contributed by atoms with E-state index in [4.69, 9.17) is 12.2 Å². The summed E-state index contributed by atoms with van der Waals surface area (Å²) in [5.74, 6) is -0.320. The van der Waals surface area contributed by atoms with Crippen LogP contribution in [0.4, 0.5) is 5.00 Å². The maximum absolute atomic E-state index is 12.1. The number of hydrogen-bond acceptors (Lipinski definition) is 5. The number of rotatable bonds is 2. The van der Waals surface area contributed by atoms with E-state index in [0.29, 0.717) is 11.1 Å². The minimum absolute atomic E-state index is 0.194. The van der Waals surface area contributed by atoms with Crippen LogP contribution >= 0.6 is 23.6 Å². The highest BCUT2D eigenvalue weighted by Gasteiger charge is 2.20. The lowest BCUT2D eigenvalue weighted by molar-refractivity contribution is 0.0977. The Morgan fingerprint density at radius 3 is 2.80 bits per heavy atom. The van der Waals surface area contributed by atoms with Gasteiger partial charge in [-0.25, -0.2) is 0 Å². The Labute approximate surface area is 156 Å². The summed E-state index contributed by atoms with van der Waals surface area (Å²) in [6, 6.07) is 5.67. The number of fused-ring (bicyclic) bond motifs is 1. The van der Waals surface area contributed by atoms with Gasteiger partial charge in [0, 0.05) is 17.3 Å². The maximum Gasteiger partial charge on any atom is 0.258 e. The van der Waals surface area contributed by atoms with Gasteiger partial charge in [0.25, 0.3) is 5.91 Å². The molecule has 0 saturated heterocycles. The van der Waals surface area contributed by atoms with E-state index in [2.05, 4.69) is 21.7 Å². The number of nitrogens with zero attached hydrogens (tertiary/aromatic N) is 2. The van der Waals surface area contributed by atoms with Gasteiger partial charge in [0.1, 0.15) is 11.1 Å². The average molecular weight is 371 g/mol. The van der Waals surface area contributed by atoms with Gasteiger partial charge in [0.05, 0.1) is 11.1 Å². The second-order valence-corrected chi connectivity index (χ2v) is 7.40. The molecule has 2 aromatic heterocycles. The van der Waals surface area contributed by atoms with Gasteiger partial charge in [-0.2, -0.15) is 5.26 Å². The van der Waals surface area contributed by atoms with Crippen LogP contribution in [0.2, 0.25) is 0 Å². The van der Waals surface area contributed by atoms with Crippen LogP contribution < -0.4 is 10.6 Å². The summed E-state index contributed by atoms with van der Waals surface area (Å²) >= 11 is 6.82. The molecule has 7 heteroatoms. The van der Waals surface area contributed by atoms with Crippen LogP contribution in [0, 0.1) is 11.3 Å². The summed E-state index contributed by atoms with van der Waals surface area (Å²) in [6.45, 7) is 0. The van der Waals surface area contributed by atoms with Crippen molar-refractivity contribution in [1.29, 1.82) is 5.26 Å². The Morgan fingerprint density at radius 1 is 1.28 bits per heavy atom. The number of thiocarbonyl (C=S) groups is 1. The van der Waals surface area contributed by atoms with Crippen molar-refractivity contribution in [2.24, 2.45) is 0 Å². The molecular formula is C18H18N4OS2. The fourth-order valence-corrected chi connectivity index (χ4v) is 4.44. The van der Waals surface area contributed by atoms with Crippen molar-refractivity contribution in [2.45, 2.75) is 38.5 Å². The highest BCUT2D eigenvalue weighted by atomic mass is 32.1. The van der Waals surface area contributed by atoms with Crippen molar-refractivity contribution in [3.63, 3.8) is 0 Å².